The van der Waals surface area contributed by atoms with Gasteiger partial charge in [0.1, 0.15) is 23.4 Å². The third kappa shape index (κ3) is 4.83. The van der Waals surface area contributed by atoms with E-state index in [1.807, 2.05) is 31.2 Å². The summed E-state index contributed by atoms with van der Waals surface area (Å²) in [6.07, 6.45) is 0.684. The highest BCUT2D eigenvalue weighted by Crippen LogP contribution is 2.45. The molecule has 1 amide bonds. The van der Waals surface area contributed by atoms with Crippen LogP contribution in [0.5, 0.6) is 11.5 Å². The van der Waals surface area contributed by atoms with Crippen molar-refractivity contribution in [2.24, 2.45) is 0 Å². The number of thioether (sulfide) groups is 1. The first kappa shape index (κ1) is 26.4. The fourth-order valence-electron chi connectivity index (χ4n) is 4.84. The van der Waals surface area contributed by atoms with Gasteiger partial charge in [-0.05, 0) is 60.0 Å². The third-order valence-electron chi connectivity index (χ3n) is 6.73. The van der Waals surface area contributed by atoms with E-state index in [0.717, 1.165) is 16.9 Å². The molecular formula is C29H22ClN3O5S2. The summed E-state index contributed by atoms with van der Waals surface area (Å²) >= 11 is 8.86. The van der Waals surface area contributed by atoms with Crippen LogP contribution in [0.4, 0.5) is 5.13 Å². The number of hydrogen-bond acceptors (Lipinski definition) is 9. The van der Waals surface area contributed by atoms with Crippen LogP contribution in [-0.2, 0) is 21.8 Å². The van der Waals surface area contributed by atoms with Gasteiger partial charge in [0.25, 0.3) is 5.78 Å². The lowest BCUT2D eigenvalue weighted by molar-refractivity contribution is -0.132. The van der Waals surface area contributed by atoms with Crippen LogP contribution in [0, 0.1) is 0 Å². The van der Waals surface area contributed by atoms with Gasteiger partial charge in [-0.2, -0.15) is 0 Å². The number of phenols is 1. The molecule has 202 valence electrons. The van der Waals surface area contributed by atoms with Crippen LogP contribution >= 0.6 is 34.7 Å². The number of ether oxygens (including phenoxy) is 1. The van der Waals surface area contributed by atoms with Crippen molar-refractivity contribution in [1.29, 1.82) is 0 Å². The second-order valence-electron chi connectivity index (χ2n) is 9.45. The predicted molar refractivity (Wildman–Crippen MR) is 154 cm³/mol. The van der Waals surface area contributed by atoms with Crippen LogP contribution in [0.25, 0.3) is 5.76 Å². The number of Topliss-reactive ketones (excluding diaryl/α,β-unsaturated/α-hetero) is 1. The highest BCUT2D eigenvalue weighted by atomic mass is 35.5. The Balaban J connectivity index is 1.39. The molecule has 2 unspecified atom stereocenters. The van der Waals surface area contributed by atoms with Gasteiger partial charge in [-0.15, -0.1) is 10.2 Å². The maximum atomic E-state index is 13.4. The molecule has 40 heavy (non-hydrogen) atoms. The number of ketones is 1. The number of aliphatic hydroxyl groups excluding tert-OH is 1. The topological polar surface area (TPSA) is 113 Å². The van der Waals surface area contributed by atoms with Gasteiger partial charge in [-0.3, -0.25) is 14.5 Å². The van der Waals surface area contributed by atoms with Crippen LogP contribution in [0.2, 0.25) is 5.02 Å². The van der Waals surface area contributed by atoms with Gasteiger partial charge in [0, 0.05) is 22.8 Å². The van der Waals surface area contributed by atoms with E-state index in [9.17, 15) is 19.8 Å². The molecular weight excluding hydrogens is 570 g/mol. The molecule has 0 aliphatic carbocycles. The summed E-state index contributed by atoms with van der Waals surface area (Å²) in [5.41, 5.74) is 2.72. The lowest BCUT2D eigenvalue weighted by Crippen LogP contribution is -2.29. The van der Waals surface area contributed by atoms with Crippen molar-refractivity contribution in [3.05, 3.63) is 99.6 Å². The van der Waals surface area contributed by atoms with Gasteiger partial charge in [-0.25, -0.2) is 0 Å². The second kappa shape index (κ2) is 10.6. The van der Waals surface area contributed by atoms with Crippen LogP contribution in [0.15, 0.2) is 76.6 Å². The number of anilines is 1. The minimum atomic E-state index is -0.974. The Hall–Kier alpha value is -3.86. The number of fused-ring (bicyclic) bond motifs is 1. The molecule has 0 radical (unpaired) electrons. The number of phenolic OH excluding ortho intramolecular Hbond substituents is 1. The van der Waals surface area contributed by atoms with Crippen molar-refractivity contribution in [2.45, 2.75) is 35.6 Å². The molecule has 8 nitrogen and oxygen atoms in total. The molecule has 2 N–H and O–H groups in total. The maximum Gasteiger partial charge on any atom is 0.301 e. The molecule has 2 aliphatic heterocycles. The normalized spacial score (nSPS) is 19.6. The quantitative estimate of drug-likeness (QED) is 0.0904. The van der Waals surface area contributed by atoms with Crippen molar-refractivity contribution in [3.63, 3.8) is 0 Å². The number of aromatic nitrogens is 2. The first-order valence-electron chi connectivity index (χ1n) is 12.4. The number of halogens is 1. The number of carbonyl (C=O) groups is 2. The Bertz CT molecular complexity index is 1670. The number of hydrogen-bond donors (Lipinski definition) is 2. The van der Waals surface area contributed by atoms with Gasteiger partial charge in [-0.1, -0.05) is 65.0 Å². The standard InChI is InChI=1S/C29H22ClN3O5S2/c1-15-12-19-13-17(8-11-22(19)38-15)25(35)23-24(16-6-9-20(34)10-7-16)33(27(37)26(23)36)28-31-32-29(40-28)39-14-18-4-2-3-5-21(18)30/h2-11,13,15,24,34-35H,12,14H2,1H3/b25-23+. The van der Waals surface area contributed by atoms with E-state index in [0.29, 0.717) is 32.7 Å². The number of aliphatic hydroxyl groups is 1. The molecule has 4 aromatic rings. The van der Waals surface area contributed by atoms with E-state index in [4.69, 9.17) is 16.3 Å². The van der Waals surface area contributed by atoms with E-state index in [2.05, 4.69) is 10.2 Å². The Morgan fingerprint density at radius 2 is 1.90 bits per heavy atom. The molecule has 0 bridgehead atoms. The minimum Gasteiger partial charge on any atom is -0.508 e. The fourth-order valence-corrected chi connectivity index (χ4v) is 6.99. The lowest BCUT2D eigenvalue weighted by atomic mass is 9.94. The molecule has 0 spiro atoms. The van der Waals surface area contributed by atoms with E-state index in [-0.39, 0.29) is 28.3 Å². The largest absolute Gasteiger partial charge is 0.508 e. The highest BCUT2D eigenvalue weighted by molar-refractivity contribution is 8.00. The van der Waals surface area contributed by atoms with Crippen LogP contribution in [-0.4, -0.2) is 38.2 Å². The number of nitrogens with zero attached hydrogens (tertiary/aromatic N) is 3. The average molecular weight is 592 g/mol. The van der Waals surface area contributed by atoms with E-state index >= 15 is 0 Å². The maximum absolute atomic E-state index is 13.4. The number of amides is 1. The first-order valence-corrected chi connectivity index (χ1v) is 14.6. The minimum absolute atomic E-state index is 0.0114. The monoisotopic (exact) mass is 591 g/mol. The van der Waals surface area contributed by atoms with Crippen LogP contribution in [0.1, 0.15) is 35.2 Å². The Morgan fingerprint density at radius 3 is 2.67 bits per heavy atom. The van der Waals surface area contributed by atoms with Gasteiger partial charge in [0.05, 0.1) is 11.6 Å². The molecule has 2 atom stereocenters. The lowest BCUT2D eigenvalue weighted by Gasteiger charge is -2.22. The molecule has 1 aromatic heterocycles. The number of benzene rings is 3. The average Bonchev–Trinajstić information content (AvgIpc) is 3.63. The molecule has 1 fully saturated rings. The molecule has 2 aliphatic rings. The van der Waals surface area contributed by atoms with Gasteiger partial charge in [0.2, 0.25) is 5.13 Å². The summed E-state index contributed by atoms with van der Waals surface area (Å²) < 4.78 is 6.36. The second-order valence-corrected chi connectivity index (χ2v) is 12.0. The molecule has 0 saturated carbocycles. The zero-order valence-electron chi connectivity index (χ0n) is 21.1. The van der Waals surface area contributed by atoms with Crippen LogP contribution < -0.4 is 9.64 Å². The molecule has 3 aromatic carbocycles. The van der Waals surface area contributed by atoms with Gasteiger partial charge >= 0.3 is 5.91 Å². The molecule has 3 heterocycles. The fraction of sp³-hybridized carbons (Fsp3) is 0.172. The summed E-state index contributed by atoms with van der Waals surface area (Å²) in [6, 6.07) is 17.9. The summed E-state index contributed by atoms with van der Waals surface area (Å²) in [4.78, 5) is 28.2. The molecule has 11 heteroatoms. The number of rotatable bonds is 6. The Labute approximate surface area is 242 Å². The predicted octanol–water partition coefficient (Wildman–Crippen LogP) is 6.14. The van der Waals surface area contributed by atoms with Crippen molar-refractivity contribution in [2.75, 3.05) is 4.90 Å². The summed E-state index contributed by atoms with van der Waals surface area (Å²) in [7, 11) is 0. The summed E-state index contributed by atoms with van der Waals surface area (Å²) in [5.74, 6) is -0.635. The van der Waals surface area contributed by atoms with Crippen molar-refractivity contribution in [3.8, 4) is 11.5 Å². The van der Waals surface area contributed by atoms with Crippen LogP contribution in [0.3, 0.4) is 0 Å². The zero-order valence-corrected chi connectivity index (χ0v) is 23.5. The van der Waals surface area contributed by atoms with E-state index in [1.54, 1.807) is 30.3 Å². The van der Waals surface area contributed by atoms with Gasteiger partial charge < -0.3 is 14.9 Å². The smallest absolute Gasteiger partial charge is 0.301 e. The first-order chi connectivity index (χ1) is 19.3. The van der Waals surface area contributed by atoms with Crippen molar-refractivity contribution in [1.82, 2.24) is 10.2 Å². The summed E-state index contributed by atoms with van der Waals surface area (Å²) in [6.45, 7) is 1.96. The van der Waals surface area contributed by atoms with Crippen molar-refractivity contribution >= 4 is 57.3 Å². The van der Waals surface area contributed by atoms with Gasteiger partial charge in [0.15, 0.2) is 4.34 Å². The highest BCUT2D eigenvalue weighted by Gasteiger charge is 2.48. The SMILES string of the molecule is CC1Cc2cc(/C(O)=C3\C(=O)C(=O)N(c4nnc(SCc5ccccc5Cl)s4)C3c3ccc(O)cc3)ccc2O1. The number of carbonyl (C=O) groups excluding carboxylic acids is 2. The van der Waals surface area contributed by atoms with E-state index < -0.39 is 17.7 Å². The molecule has 1 saturated heterocycles. The molecule has 6 rings (SSSR count). The van der Waals surface area contributed by atoms with Crippen molar-refractivity contribution < 1.29 is 24.5 Å². The zero-order chi connectivity index (χ0) is 28.0. The third-order valence-corrected chi connectivity index (χ3v) is 9.21. The summed E-state index contributed by atoms with van der Waals surface area (Å²) in [5, 5.41) is 30.6. The number of aromatic hydroxyl groups is 1. The Kier molecular flexibility index (Phi) is 6.99. The van der Waals surface area contributed by atoms with E-state index in [1.165, 1.54) is 40.1 Å². The Morgan fingerprint density at radius 1 is 1.12 bits per heavy atom.